The van der Waals surface area contributed by atoms with Gasteiger partial charge in [0, 0.05) is 17.8 Å². The van der Waals surface area contributed by atoms with Crippen LogP contribution in [0.15, 0.2) is 18.2 Å². The normalized spacial score (nSPS) is 14.9. The van der Waals surface area contributed by atoms with Crippen molar-refractivity contribution < 1.29 is 0 Å². The van der Waals surface area contributed by atoms with Gasteiger partial charge >= 0.3 is 0 Å². The van der Waals surface area contributed by atoms with Crippen molar-refractivity contribution in [3.05, 3.63) is 23.8 Å². The lowest BCUT2D eigenvalue weighted by Crippen LogP contribution is -2.04. The molecule has 5 heteroatoms. The molecule has 1 fully saturated rings. The monoisotopic (exact) mass is 243 g/mol. The minimum atomic E-state index is 0.752. The van der Waals surface area contributed by atoms with E-state index in [1.807, 2.05) is 23.7 Å². The summed E-state index contributed by atoms with van der Waals surface area (Å²) in [6.45, 7) is 2.92. The van der Waals surface area contributed by atoms with Crippen LogP contribution in [-0.4, -0.2) is 20.2 Å². The minimum absolute atomic E-state index is 0.752. The topological polar surface area (TPSA) is 69.6 Å². The van der Waals surface area contributed by atoms with Crippen LogP contribution in [0, 0.1) is 12.8 Å². The molecule has 5 nitrogen and oxygen atoms in total. The number of anilines is 1. The summed E-state index contributed by atoms with van der Waals surface area (Å²) in [5.74, 6) is 1.69. The van der Waals surface area contributed by atoms with E-state index in [-0.39, 0.29) is 0 Å². The first kappa shape index (κ1) is 11.2. The molecule has 0 bridgehead atoms. The molecule has 0 saturated heterocycles. The number of hydrogen-bond donors (Lipinski definition) is 1. The van der Waals surface area contributed by atoms with Crippen LogP contribution in [0.5, 0.6) is 0 Å². The summed E-state index contributed by atoms with van der Waals surface area (Å²) in [5, 5.41) is 12.0. The highest BCUT2D eigenvalue weighted by Crippen LogP contribution is 2.33. The van der Waals surface area contributed by atoms with E-state index in [4.69, 9.17) is 5.73 Å². The van der Waals surface area contributed by atoms with E-state index in [0.717, 1.165) is 35.1 Å². The molecular formula is C13H17N5. The molecule has 0 unspecified atom stereocenters. The quantitative estimate of drug-likeness (QED) is 0.834. The maximum atomic E-state index is 5.87. The Hall–Kier alpha value is -1.91. The van der Waals surface area contributed by atoms with Gasteiger partial charge in [-0.25, -0.2) is 4.68 Å². The number of hydrogen-bond acceptors (Lipinski definition) is 4. The van der Waals surface area contributed by atoms with E-state index < -0.39 is 0 Å². The molecule has 0 aliphatic heterocycles. The van der Waals surface area contributed by atoms with Gasteiger partial charge in [0.25, 0.3) is 0 Å². The smallest absolute Gasteiger partial charge is 0.182 e. The summed E-state index contributed by atoms with van der Waals surface area (Å²) in [5.41, 5.74) is 8.74. The molecule has 2 aromatic rings. The SMILES string of the molecule is Cc1cc(N)cc(-c2nnnn2CCC2CC2)c1. The number of nitrogens with two attached hydrogens (primary N) is 1. The Balaban J connectivity index is 1.87. The van der Waals surface area contributed by atoms with E-state index in [9.17, 15) is 0 Å². The van der Waals surface area contributed by atoms with E-state index in [2.05, 4.69) is 21.6 Å². The van der Waals surface area contributed by atoms with Gasteiger partial charge in [-0.05, 0) is 53.5 Å². The summed E-state index contributed by atoms with van der Waals surface area (Å²) in [4.78, 5) is 0. The summed E-state index contributed by atoms with van der Waals surface area (Å²) in [6, 6.07) is 5.93. The van der Waals surface area contributed by atoms with Gasteiger partial charge in [-0.15, -0.1) is 5.10 Å². The lowest BCUT2D eigenvalue weighted by atomic mass is 10.1. The van der Waals surface area contributed by atoms with E-state index in [1.165, 1.54) is 19.3 Å². The van der Waals surface area contributed by atoms with Crippen molar-refractivity contribution in [2.45, 2.75) is 32.7 Å². The van der Waals surface area contributed by atoms with Crippen LogP contribution in [0.4, 0.5) is 5.69 Å². The maximum absolute atomic E-state index is 5.87. The first-order valence-electron chi connectivity index (χ1n) is 6.36. The van der Waals surface area contributed by atoms with Crippen LogP contribution in [0.1, 0.15) is 24.8 Å². The van der Waals surface area contributed by atoms with Crippen molar-refractivity contribution >= 4 is 5.69 Å². The van der Waals surface area contributed by atoms with Crippen molar-refractivity contribution in [1.29, 1.82) is 0 Å². The predicted molar refractivity (Wildman–Crippen MR) is 69.7 cm³/mol. The maximum Gasteiger partial charge on any atom is 0.182 e. The number of nitrogen functional groups attached to an aromatic ring is 1. The second kappa shape index (κ2) is 4.40. The van der Waals surface area contributed by atoms with Crippen LogP contribution in [-0.2, 0) is 6.54 Å². The molecule has 1 heterocycles. The molecule has 0 spiro atoms. The average Bonchev–Trinajstić information content (AvgIpc) is 3.02. The largest absolute Gasteiger partial charge is 0.399 e. The highest BCUT2D eigenvalue weighted by Gasteiger charge is 2.21. The zero-order valence-electron chi connectivity index (χ0n) is 10.5. The molecule has 1 aromatic carbocycles. The zero-order valence-corrected chi connectivity index (χ0v) is 10.5. The standard InChI is InChI=1S/C13H17N5/c1-9-6-11(8-12(14)7-9)13-15-16-17-18(13)5-4-10-2-3-10/h6-8,10H,2-5,14H2,1H3. The van der Waals surface area contributed by atoms with Gasteiger partial charge in [-0.2, -0.15) is 0 Å². The van der Waals surface area contributed by atoms with Gasteiger partial charge < -0.3 is 5.73 Å². The molecule has 1 saturated carbocycles. The van der Waals surface area contributed by atoms with Crippen LogP contribution in [0.25, 0.3) is 11.4 Å². The van der Waals surface area contributed by atoms with Gasteiger partial charge in [0.1, 0.15) is 0 Å². The Morgan fingerprint density at radius 3 is 2.89 bits per heavy atom. The number of rotatable bonds is 4. The number of aromatic nitrogens is 4. The number of tetrazole rings is 1. The Bertz CT molecular complexity index is 536. The third-order valence-corrected chi connectivity index (χ3v) is 3.34. The molecule has 0 atom stereocenters. The lowest BCUT2D eigenvalue weighted by Gasteiger charge is -2.06. The molecule has 18 heavy (non-hydrogen) atoms. The molecule has 0 radical (unpaired) electrons. The Labute approximate surface area is 106 Å². The molecule has 0 amide bonds. The van der Waals surface area contributed by atoms with Crippen molar-refractivity contribution in [2.75, 3.05) is 5.73 Å². The van der Waals surface area contributed by atoms with E-state index in [1.54, 1.807) is 0 Å². The Kier molecular flexibility index (Phi) is 2.74. The third-order valence-electron chi connectivity index (χ3n) is 3.34. The van der Waals surface area contributed by atoms with Crippen molar-refractivity contribution in [2.24, 2.45) is 5.92 Å². The van der Waals surface area contributed by atoms with Crippen LogP contribution >= 0.6 is 0 Å². The van der Waals surface area contributed by atoms with E-state index >= 15 is 0 Å². The fourth-order valence-electron chi connectivity index (χ4n) is 2.22. The Morgan fingerprint density at radius 2 is 2.17 bits per heavy atom. The first-order chi connectivity index (χ1) is 8.72. The zero-order chi connectivity index (χ0) is 12.5. The first-order valence-corrected chi connectivity index (χ1v) is 6.36. The van der Waals surface area contributed by atoms with Gasteiger partial charge in [0.2, 0.25) is 0 Å². The molecule has 2 N–H and O–H groups in total. The molecule has 94 valence electrons. The average molecular weight is 243 g/mol. The highest BCUT2D eigenvalue weighted by molar-refractivity contribution is 5.62. The number of nitrogens with zero attached hydrogens (tertiary/aromatic N) is 4. The summed E-state index contributed by atoms with van der Waals surface area (Å²) in [6.07, 6.45) is 3.88. The predicted octanol–water partition coefficient (Wildman–Crippen LogP) is 2.03. The second-order valence-electron chi connectivity index (χ2n) is 5.09. The van der Waals surface area contributed by atoms with Gasteiger partial charge in [-0.1, -0.05) is 12.8 Å². The molecule has 1 aromatic heterocycles. The fourth-order valence-corrected chi connectivity index (χ4v) is 2.22. The summed E-state index contributed by atoms with van der Waals surface area (Å²) in [7, 11) is 0. The van der Waals surface area contributed by atoms with Gasteiger partial charge in [0.05, 0.1) is 0 Å². The van der Waals surface area contributed by atoms with Crippen molar-refractivity contribution in [3.63, 3.8) is 0 Å². The van der Waals surface area contributed by atoms with Crippen molar-refractivity contribution in [1.82, 2.24) is 20.2 Å². The number of aryl methyl sites for hydroxylation is 2. The lowest BCUT2D eigenvalue weighted by molar-refractivity contribution is 0.535. The summed E-state index contributed by atoms with van der Waals surface area (Å²) < 4.78 is 1.88. The molecule has 3 rings (SSSR count). The van der Waals surface area contributed by atoms with Crippen LogP contribution in [0.3, 0.4) is 0 Å². The summed E-state index contributed by atoms with van der Waals surface area (Å²) >= 11 is 0. The van der Waals surface area contributed by atoms with Gasteiger partial charge in [0.15, 0.2) is 5.82 Å². The Morgan fingerprint density at radius 1 is 1.33 bits per heavy atom. The van der Waals surface area contributed by atoms with Crippen molar-refractivity contribution in [3.8, 4) is 11.4 Å². The third kappa shape index (κ3) is 2.34. The highest BCUT2D eigenvalue weighted by atomic mass is 15.5. The van der Waals surface area contributed by atoms with Crippen LogP contribution < -0.4 is 5.73 Å². The van der Waals surface area contributed by atoms with Gasteiger partial charge in [-0.3, -0.25) is 0 Å². The molecule has 1 aliphatic rings. The van der Waals surface area contributed by atoms with E-state index in [0.29, 0.717) is 0 Å². The fraction of sp³-hybridized carbons (Fsp3) is 0.462. The van der Waals surface area contributed by atoms with Crippen LogP contribution in [0.2, 0.25) is 0 Å². The number of benzene rings is 1. The molecule has 1 aliphatic carbocycles. The molecular weight excluding hydrogens is 226 g/mol. The second-order valence-corrected chi connectivity index (χ2v) is 5.09. The minimum Gasteiger partial charge on any atom is -0.399 e.